The van der Waals surface area contributed by atoms with Gasteiger partial charge in [-0.2, -0.15) is 0 Å². The van der Waals surface area contributed by atoms with Crippen molar-refractivity contribution in [1.29, 1.82) is 0 Å². The number of phenolic OH excluding ortho intramolecular Hbond substituents is 1. The Bertz CT molecular complexity index is 3400. The molecular weight excluding hydrogens is 767 g/mol. The van der Waals surface area contributed by atoms with Gasteiger partial charge in [0.2, 0.25) is 0 Å². The van der Waals surface area contributed by atoms with Crippen molar-refractivity contribution in [3.8, 4) is 67.5 Å². The van der Waals surface area contributed by atoms with Crippen LogP contribution in [0.4, 0.5) is 0 Å². The highest BCUT2D eigenvalue weighted by atomic mass is 16.3. The van der Waals surface area contributed by atoms with Crippen LogP contribution in [0.5, 0.6) is 5.75 Å². The fourth-order valence-electron chi connectivity index (χ4n) is 8.19. The fourth-order valence-corrected chi connectivity index (χ4v) is 8.19. The van der Waals surface area contributed by atoms with Gasteiger partial charge in [-0.25, -0.2) is 4.98 Å². The summed E-state index contributed by atoms with van der Waals surface area (Å²) in [5, 5.41) is 12.5. The summed E-state index contributed by atoms with van der Waals surface area (Å²) in [6.07, 6.45) is 1.65. The zero-order chi connectivity index (χ0) is 55.2. The zero-order valence-corrected chi connectivity index (χ0v) is 37.6. The van der Waals surface area contributed by atoms with E-state index in [-0.39, 0.29) is 27.7 Å². The highest BCUT2D eigenvalue weighted by Gasteiger charge is 2.29. The van der Waals surface area contributed by atoms with Crippen molar-refractivity contribution in [2.45, 2.75) is 111 Å². The van der Waals surface area contributed by atoms with Gasteiger partial charge >= 0.3 is 0 Å². The molecule has 6 aromatic carbocycles. The Labute approximate surface area is 392 Å². The molecule has 63 heavy (non-hydrogen) atoms. The topological polar surface area (TPSA) is 50.9 Å². The van der Waals surface area contributed by atoms with Crippen LogP contribution in [0.2, 0.25) is 0 Å². The largest absolute Gasteiger partial charge is 0.507 e. The van der Waals surface area contributed by atoms with E-state index >= 15 is 0 Å². The van der Waals surface area contributed by atoms with Crippen LogP contribution in [0, 0.1) is 6.85 Å². The highest BCUT2D eigenvalue weighted by Crippen LogP contribution is 2.46. The third-order valence-electron chi connectivity index (χ3n) is 11.8. The Kier molecular flexibility index (Phi) is 7.72. The minimum atomic E-state index is -3.39. The number of phenols is 1. The second-order valence-corrected chi connectivity index (χ2v) is 19.8. The van der Waals surface area contributed by atoms with Gasteiger partial charge in [-0.1, -0.05) is 173 Å². The molecule has 1 N–H and O–H groups in total. The van der Waals surface area contributed by atoms with Crippen molar-refractivity contribution in [2.24, 2.45) is 0 Å². The molecule has 0 fully saturated rings. The number of hydrogen-bond acceptors (Lipinski definition) is 3. The molecule has 8 aromatic rings. The lowest BCUT2D eigenvalue weighted by Crippen LogP contribution is -2.17. The molecule has 320 valence electrons. The first-order valence-corrected chi connectivity index (χ1v) is 21.4. The number of aromatic hydroxyl groups is 1. The highest BCUT2D eigenvalue weighted by molar-refractivity contribution is 5.98. The third-order valence-corrected chi connectivity index (χ3v) is 11.8. The molecule has 4 heteroatoms. The second-order valence-electron chi connectivity index (χ2n) is 19.8. The van der Waals surface area contributed by atoms with Crippen LogP contribution in [0.1, 0.15) is 127 Å². The van der Waals surface area contributed by atoms with Crippen LogP contribution in [-0.2, 0) is 21.7 Å². The van der Waals surface area contributed by atoms with Gasteiger partial charge in [-0.15, -0.1) is 0 Å². The SMILES string of the molecule is [2H]C([2H])([2H])c1ccc(-n2c(-c3cc(C(C)(C)C)cc(C(C)(C)C)c3O)nc3c(-c4cc(-c5cc(-c6ccc(C(C([2H])([2H])[2H])(C([2H])([2H])[2H])C([2H])([2H])[2H])cc6)ccn5)cc(C(C)(C)C)c4)cccc32)c(-c2ccccc2)c1. The summed E-state index contributed by atoms with van der Waals surface area (Å²) in [5.41, 5.74) is 6.61. The molecule has 0 atom stereocenters. The smallest absolute Gasteiger partial charge is 0.149 e. The van der Waals surface area contributed by atoms with Crippen LogP contribution >= 0.6 is 0 Å². The molecule has 0 aliphatic carbocycles. The third kappa shape index (κ3) is 8.61. The number of hydrogen-bond donors (Lipinski definition) is 1. The summed E-state index contributed by atoms with van der Waals surface area (Å²) in [6.45, 7) is 6.43. The monoisotopic (exact) mass is 842 g/mol. The summed E-state index contributed by atoms with van der Waals surface area (Å²) in [4.78, 5) is 10.4. The van der Waals surface area contributed by atoms with Gasteiger partial charge in [-0.05, 0) is 116 Å². The number of fused-ring (bicyclic) bond motifs is 1. The number of pyridine rings is 1. The average molecular weight is 842 g/mol. The molecule has 0 saturated heterocycles. The van der Waals surface area contributed by atoms with E-state index in [0.29, 0.717) is 50.5 Å². The summed E-state index contributed by atoms with van der Waals surface area (Å²) in [5.74, 6) is 0.560. The number of aromatic nitrogens is 3. The molecule has 0 radical (unpaired) electrons. The first kappa shape index (κ1) is 30.7. The Morgan fingerprint density at radius 2 is 1.21 bits per heavy atom. The summed E-state index contributed by atoms with van der Waals surface area (Å²) in [6, 6.07) is 40.4. The maximum absolute atomic E-state index is 12.5. The maximum atomic E-state index is 12.5. The van der Waals surface area contributed by atoms with E-state index in [4.69, 9.17) is 26.4 Å². The van der Waals surface area contributed by atoms with Gasteiger partial charge in [0.25, 0.3) is 0 Å². The molecule has 0 amide bonds. The lowest BCUT2D eigenvalue weighted by molar-refractivity contribution is 0.446. The summed E-state index contributed by atoms with van der Waals surface area (Å²) >= 11 is 0. The molecule has 2 heterocycles. The van der Waals surface area contributed by atoms with Gasteiger partial charge in [0, 0.05) is 44.9 Å². The van der Waals surface area contributed by atoms with Gasteiger partial charge in [0.15, 0.2) is 0 Å². The predicted octanol–water partition coefficient (Wildman–Crippen LogP) is 16.0. The molecule has 0 unspecified atom stereocenters. The molecule has 2 aromatic heterocycles. The second kappa shape index (κ2) is 15.8. The van der Waals surface area contributed by atoms with Gasteiger partial charge in [0.1, 0.15) is 11.6 Å². The van der Waals surface area contributed by atoms with Crippen LogP contribution < -0.4 is 0 Å². The van der Waals surface area contributed by atoms with E-state index < -0.39 is 38.2 Å². The first-order chi connectivity index (χ1) is 34.5. The molecule has 0 aliphatic heterocycles. The molecule has 0 saturated carbocycles. The van der Waals surface area contributed by atoms with Crippen molar-refractivity contribution in [1.82, 2.24) is 14.5 Å². The molecule has 8 rings (SSSR count). The van der Waals surface area contributed by atoms with Gasteiger partial charge < -0.3 is 5.11 Å². The predicted molar refractivity (Wildman–Crippen MR) is 267 cm³/mol. The first-order valence-electron chi connectivity index (χ1n) is 27.4. The number of rotatable bonds is 6. The number of benzene rings is 6. The maximum Gasteiger partial charge on any atom is 0.149 e. The normalized spacial score (nSPS) is 16.2. The van der Waals surface area contributed by atoms with Crippen LogP contribution in [0.25, 0.3) is 72.7 Å². The molecule has 0 spiro atoms. The van der Waals surface area contributed by atoms with Crippen LogP contribution in [0.3, 0.4) is 0 Å². The van der Waals surface area contributed by atoms with E-state index in [9.17, 15) is 5.11 Å². The average Bonchev–Trinajstić information content (AvgIpc) is 3.68. The quantitative estimate of drug-likeness (QED) is 0.181. The molecule has 4 nitrogen and oxygen atoms in total. The lowest BCUT2D eigenvalue weighted by Gasteiger charge is -2.27. The molecular formula is C59H63N3O. The standard InChI is InChI=1S/C59H63N3O/c1-37-22-27-51(47(30-37)39-18-15-14-16-19-39)62-52-21-17-20-46(53(52)61-55(62)48-35-45(58(8,9)10)36-49(54(48)63)59(11,12)13)41-31-42(33-44(32-41)57(5,6)7)50-34-40(28-29-60-50)38-23-25-43(26-24-38)56(2,3)4/h14-36,63H,1-13H3/i1D3,2D3,3D3,4D3. The van der Waals surface area contributed by atoms with Gasteiger partial charge in [0.05, 0.1) is 28.0 Å². The Morgan fingerprint density at radius 3 is 1.87 bits per heavy atom. The van der Waals surface area contributed by atoms with Crippen molar-refractivity contribution < 1.29 is 21.6 Å². The van der Waals surface area contributed by atoms with Crippen LogP contribution in [-0.4, -0.2) is 19.6 Å². The van der Waals surface area contributed by atoms with E-state index in [2.05, 4.69) is 80.5 Å². The van der Waals surface area contributed by atoms with E-state index in [0.717, 1.165) is 38.9 Å². The van der Waals surface area contributed by atoms with Crippen molar-refractivity contribution in [2.75, 3.05) is 0 Å². The number of para-hydroxylation sites is 1. The van der Waals surface area contributed by atoms with Gasteiger partial charge in [-0.3, -0.25) is 9.55 Å². The molecule has 0 bridgehead atoms. The van der Waals surface area contributed by atoms with E-state index in [1.165, 1.54) is 24.3 Å². The minimum Gasteiger partial charge on any atom is -0.507 e. The Hall–Kier alpha value is -6.26. The van der Waals surface area contributed by atoms with Crippen molar-refractivity contribution in [3.05, 3.63) is 167 Å². The minimum absolute atomic E-state index is 0.0951. The van der Waals surface area contributed by atoms with Crippen molar-refractivity contribution in [3.63, 3.8) is 0 Å². The zero-order valence-electron chi connectivity index (χ0n) is 49.6. The van der Waals surface area contributed by atoms with E-state index in [1.807, 2.05) is 77.4 Å². The summed E-state index contributed by atoms with van der Waals surface area (Å²) < 4.78 is 101. The summed E-state index contributed by atoms with van der Waals surface area (Å²) in [7, 11) is 0. The van der Waals surface area contributed by atoms with Crippen molar-refractivity contribution >= 4 is 11.0 Å². The fraction of sp³-hybridized carbons (Fsp3) is 0.288. The molecule has 0 aliphatic rings. The number of aryl methyl sites for hydroxylation is 1. The Morgan fingerprint density at radius 1 is 0.508 bits per heavy atom. The Balaban J connectivity index is 1.38. The van der Waals surface area contributed by atoms with E-state index in [1.54, 1.807) is 24.4 Å². The lowest BCUT2D eigenvalue weighted by atomic mass is 9.79. The number of imidazole rings is 1. The number of nitrogens with zero attached hydrogens (tertiary/aromatic N) is 3. The van der Waals surface area contributed by atoms with Crippen LogP contribution in [0.15, 0.2) is 140 Å².